The van der Waals surface area contributed by atoms with Crippen molar-refractivity contribution in [2.24, 2.45) is 5.92 Å². The smallest absolute Gasteiger partial charge is 0.333 e. The summed E-state index contributed by atoms with van der Waals surface area (Å²) >= 11 is 1.45. The third-order valence-corrected chi connectivity index (χ3v) is 8.07. The maximum atomic E-state index is 13.8. The Bertz CT molecular complexity index is 1190. The molecule has 5 nitrogen and oxygen atoms in total. The molecule has 0 radical (unpaired) electrons. The number of hydrogen-bond acceptors (Lipinski definition) is 5. The second-order valence-electron chi connectivity index (χ2n) is 9.48. The summed E-state index contributed by atoms with van der Waals surface area (Å²) in [5.41, 5.74) is 0.953. The number of Topliss-reactive ketones (excluding diaryl/α,β-unsaturated/α-hetero) is 1. The van der Waals surface area contributed by atoms with Crippen LogP contribution in [0.5, 0.6) is 0 Å². The molecule has 6 rings (SSSR count). The average Bonchev–Trinajstić information content (AvgIpc) is 3.39. The van der Waals surface area contributed by atoms with Crippen LogP contribution in [0.3, 0.4) is 0 Å². The maximum absolute atomic E-state index is 13.8. The van der Waals surface area contributed by atoms with Gasteiger partial charge in [0.1, 0.15) is 24.7 Å². The third kappa shape index (κ3) is 5.28. The van der Waals surface area contributed by atoms with E-state index < -0.39 is 23.6 Å². The van der Waals surface area contributed by atoms with E-state index in [-0.39, 0.29) is 17.8 Å². The number of rotatable bonds is 8. The standard InChI is InChI=1S/C27H27F2N2O3S/c28-20-8-6-19(7-9-20)26(30-22-4-1-3-21(29)15-22)27(33)34-24-17-31(12-10-18(24)11-13-31)16-23(32)25-5-2-14-35-25/h1-9,14-15,18,24,26,30H,10-13,16-17H2/q+1/t18?,24-,26?,31?/m0/s1. The van der Waals surface area contributed by atoms with Crippen molar-refractivity contribution in [2.75, 3.05) is 31.5 Å². The summed E-state index contributed by atoms with van der Waals surface area (Å²) in [4.78, 5) is 27.0. The van der Waals surface area contributed by atoms with Crippen molar-refractivity contribution in [1.82, 2.24) is 0 Å². The zero-order chi connectivity index (χ0) is 24.4. The topological polar surface area (TPSA) is 55.4 Å². The van der Waals surface area contributed by atoms with Crippen LogP contribution in [0.25, 0.3) is 0 Å². The number of piperidine rings is 3. The average molecular weight is 498 g/mol. The lowest BCUT2D eigenvalue weighted by Crippen LogP contribution is -2.65. The largest absolute Gasteiger partial charge is 0.454 e. The van der Waals surface area contributed by atoms with E-state index in [0.29, 0.717) is 28.8 Å². The van der Waals surface area contributed by atoms with Gasteiger partial charge in [-0.2, -0.15) is 0 Å². The van der Waals surface area contributed by atoms with E-state index in [4.69, 9.17) is 4.74 Å². The molecule has 8 heteroatoms. The van der Waals surface area contributed by atoms with Gasteiger partial charge in [-0.1, -0.05) is 24.3 Å². The van der Waals surface area contributed by atoms with Crippen LogP contribution in [0.15, 0.2) is 66.0 Å². The Morgan fingerprint density at radius 1 is 1.03 bits per heavy atom. The molecule has 1 aromatic heterocycles. The van der Waals surface area contributed by atoms with Crippen molar-refractivity contribution in [3.63, 3.8) is 0 Å². The molecule has 3 aliphatic heterocycles. The zero-order valence-corrected chi connectivity index (χ0v) is 20.0. The first-order valence-electron chi connectivity index (χ1n) is 11.8. The highest BCUT2D eigenvalue weighted by molar-refractivity contribution is 7.12. The molecule has 0 amide bonds. The van der Waals surface area contributed by atoms with Crippen molar-refractivity contribution < 1.29 is 27.6 Å². The number of anilines is 1. The highest BCUT2D eigenvalue weighted by Gasteiger charge is 2.49. The molecule has 3 aliphatic rings. The highest BCUT2D eigenvalue weighted by atomic mass is 32.1. The first kappa shape index (κ1) is 23.6. The third-order valence-electron chi connectivity index (χ3n) is 7.16. The predicted octanol–water partition coefficient (Wildman–Crippen LogP) is 5.21. The number of halogens is 2. The Hall–Kier alpha value is -3.10. The number of ether oxygens (including phenoxy) is 1. The van der Waals surface area contributed by atoms with Crippen LogP contribution in [0.4, 0.5) is 14.5 Å². The quantitative estimate of drug-likeness (QED) is 0.264. The minimum atomic E-state index is -0.922. The molecule has 0 aliphatic carbocycles. The van der Waals surface area contributed by atoms with E-state index in [1.54, 1.807) is 12.1 Å². The van der Waals surface area contributed by atoms with Crippen molar-refractivity contribution in [2.45, 2.75) is 25.0 Å². The number of nitrogens with zero attached hydrogens (tertiary/aromatic N) is 1. The second kappa shape index (κ2) is 9.87. The lowest BCUT2D eigenvalue weighted by molar-refractivity contribution is -0.938. The molecule has 1 N–H and O–H groups in total. The Labute approximate surface area is 206 Å². The molecule has 2 atom stereocenters. The predicted molar refractivity (Wildman–Crippen MR) is 130 cm³/mol. The summed E-state index contributed by atoms with van der Waals surface area (Å²) in [6.45, 7) is 2.81. The minimum Gasteiger partial charge on any atom is -0.454 e. The van der Waals surface area contributed by atoms with Crippen LogP contribution in [0, 0.1) is 17.6 Å². The first-order valence-corrected chi connectivity index (χ1v) is 12.7. The molecule has 0 saturated carbocycles. The fourth-order valence-electron chi connectivity index (χ4n) is 5.29. The van der Waals surface area contributed by atoms with Gasteiger partial charge in [-0.25, -0.2) is 13.6 Å². The number of carbonyl (C=O) groups is 2. The fourth-order valence-corrected chi connectivity index (χ4v) is 5.95. The van der Waals surface area contributed by atoms with Gasteiger partial charge in [0.2, 0.25) is 5.78 Å². The van der Waals surface area contributed by atoms with E-state index >= 15 is 0 Å². The van der Waals surface area contributed by atoms with E-state index in [1.807, 2.05) is 17.5 Å². The van der Waals surface area contributed by atoms with Crippen molar-refractivity contribution in [1.29, 1.82) is 0 Å². The number of esters is 1. The normalized spacial score (nSPS) is 24.1. The molecule has 2 aromatic carbocycles. The molecule has 0 spiro atoms. The molecule has 3 saturated heterocycles. The van der Waals surface area contributed by atoms with Gasteiger partial charge in [-0.3, -0.25) is 4.79 Å². The zero-order valence-electron chi connectivity index (χ0n) is 19.2. The van der Waals surface area contributed by atoms with Crippen LogP contribution in [-0.4, -0.2) is 48.5 Å². The van der Waals surface area contributed by atoms with Crippen LogP contribution in [0.2, 0.25) is 0 Å². The Balaban J connectivity index is 1.33. The van der Waals surface area contributed by atoms with Gasteiger partial charge in [0.05, 0.1) is 18.0 Å². The summed E-state index contributed by atoms with van der Waals surface area (Å²) in [6, 6.07) is 14.3. The number of nitrogens with one attached hydrogen (secondary N) is 1. The summed E-state index contributed by atoms with van der Waals surface area (Å²) in [5, 5.41) is 4.96. The molecule has 4 heterocycles. The monoisotopic (exact) mass is 497 g/mol. The van der Waals surface area contributed by atoms with Crippen molar-refractivity contribution >= 4 is 28.8 Å². The highest BCUT2D eigenvalue weighted by Crippen LogP contribution is 2.37. The maximum Gasteiger partial charge on any atom is 0.333 e. The molecule has 182 valence electrons. The molecule has 35 heavy (non-hydrogen) atoms. The van der Waals surface area contributed by atoms with Crippen molar-refractivity contribution in [3.05, 3.63) is 88.1 Å². The molecular weight excluding hydrogens is 470 g/mol. The molecule has 3 aromatic rings. The van der Waals surface area contributed by atoms with E-state index in [0.717, 1.165) is 30.8 Å². The molecule has 1 unspecified atom stereocenters. The molecular formula is C27H27F2N2O3S+. The van der Waals surface area contributed by atoms with Gasteiger partial charge in [-0.05, 0) is 47.3 Å². The minimum absolute atomic E-state index is 0.127. The van der Waals surface area contributed by atoms with Gasteiger partial charge in [0.15, 0.2) is 12.1 Å². The summed E-state index contributed by atoms with van der Waals surface area (Å²) in [6.07, 6.45) is 1.49. The van der Waals surface area contributed by atoms with Gasteiger partial charge >= 0.3 is 5.97 Å². The van der Waals surface area contributed by atoms with Gasteiger partial charge < -0.3 is 14.5 Å². The fraction of sp³-hybridized carbons (Fsp3) is 0.333. The lowest BCUT2D eigenvalue weighted by Gasteiger charge is -2.51. The summed E-state index contributed by atoms with van der Waals surface area (Å²) in [5.74, 6) is -0.963. The van der Waals surface area contributed by atoms with E-state index in [1.165, 1.54) is 47.7 Å². The number of thiophene rings is 1. The molecule has 3 fully saturated rings. The van der Waals surface area contributed by atoms with Crippen LogP contribution < -0.4 is 5.32 Å². The van der Waals surface area contributed by atoms with Gasteiger partial charge in [0, 0.05) is 24.4 Å². The van der Waals surface area contributed by atoms with Crippen molar-refractivity contribution in [3.8, 4) is 0 Å². The van der Waals surface area contributed by atoms with Crippen LogP contribution >= 0.6 is 11.3 Å². The molecule has 2 bridgehead atoms. The SMILES string of the molecule is O=C(C[N+]12CCC(CC1)[C@@H](OC(=O)C(Nc1cccc(F)c1)c1ccc(F)cc1)C2)c1cccs1. The second-order valence-corrected chi connectivity index (χ2v) is 10.4. The Morgan fingerprint density at radius 2 is 1.80 bits per heavy atom. The summed E-state index contributed by atoms with van der Waals surface area (Å²) in [7, 11) is 0. The number of hydrogen-bond donors (Lipinski definition) is 1. The van der Waals surface area contributed by atoms with Crippen LogP contribution in [0.1, 0.15) is 34.1 Å². The first-order chi connectivity index (χ1) is 16.9. The number of quaternary nitrogens is 1. The van der Waals surface area contributed by atoms with Gasteiger partial charge in [-0.15, -0.1) is 11.3 Å². The van der Waals surface area contributed by atoms with Gasteiger partial charge in [0.25, 0.3) is 0 Å². The van der Waals surface area contributed by atoms with E-state index in [2.05, 4.69) is 5.32 Å². The summed E-state index contributed by atoms with van der Waals surface area (Å²) < 4.78 is 34.0. The number of ketones is 1. The Kier molecular flexibility index (Phi) is 6.67. The van der Waals surface area contributed by atoms with Crippen LogP contribution in [-0.2, 0) is 9.53 Å². The lowest BCUT2D eigenvalue weighted by atomic mass is 9.83. The number of fused-ring (bicyclic) bond motifs is 3. The van der Waals surface area contributed by atoms with E-state index in [9.17, 15) is 18.4 Å². The number of benzene rings is 2. The number of carbonyl (C=O) groups excluding carboxylic acids is 2. The Morgan fingerprint density at radius 3 is 2.49 bits per heavy atom.